The Kier molecular flexibility index (Phi) is 5.06. The number of rotatable bonds is 3. The lowest BCUT2D eigenvalue weighted by Crippen LogP contribution is -2.13. The van der Waals surface area contributed by atoms with Crippen molar-refractivity contribution in [3.63, 3.8) is 0 Å². The van der Waals surface area contributed by atoms with E-state index in [2.05, 4.69) is 65.8 Å². The summed E-state index contributed by atoms with van der Waals surface area (Å²) < 4.78 is 0. The van der Waals surface area contributed by atoms with Crippen LogP contribution >= 0.6 is 16.8 Å². The lowest BCUT2D eigenvalue weighted by molar-refractivity contribution is 0.468. The first-order chi connectivity index (χ1) is 9.92. The smallest absolute Gasteiger partial charge is 0.150 e. The van der Waals surface area contributed by atoms with Gasteiger partial charge in [-0.3, -0.25) is 0 Å². The van der Waals surface area contributed by atoms with Gasteiger partial charge in [-0.1, -0.05) is 86.3 Å². The molecular formula is C18H27OPS2. The third-order valence-electron chi connectivity index (χ3n) is 4.20. The van der Waals surface area contributed by atoms with Crippen LogP contribution in [-0.2, 0) is 11.8 Å². The van der Waals surface area contributed by atoms with Gasteiger partial charge in [0.05, 0.1) is 0 Å². The van der Waals surface area contributed by atoms with Crippen LogP contribution < -0.4 is 0 Å². The lowest BCUT2D eigenvalue weighted by atomic mass is 9.82. The summed E-state index contributed by atoms with van der Waals surface area (Å²) in [6.45, 7) is 13.2. The Morgan fingerprint density at radius 2 is 1.50 bits per heavy atom. The highest BCUT2D eigenvalue weighted by atomic mass is 32.9. The number of allylic oxidation sites excluding steroid dienone is 7. The highest BCUT2D eigenvalue weighted by Crippen LogP contribution is 2.68. The zero-order valence-electron chi connectivity index (χ0n) is 14.4. The average molecular weight is 355 g/mol. The van der Waals surface area contributed by atoms with Crippen molar-refractivity contribution in [3.8, 4) is 0 Å². The molecule has 4 heteroatoms. The third kappa shape index (κ3) is 4.26. The maximum atomic E-state index is 11.0. The summed E-state index contributed by atoms with van der Waals surface area (Å²) in [5.41, 5.74) is 0.347. The Morgan fingerprint density at radius 1 is 1.00 bits per heavy atom. The summed E-state index contributed by atoms with van der Waals surface area (Å²) in [6, 6.07) is 0. The fourth-order valence-corrected chi connectivity index (χ4v) is 8.49. The third-order valence-corrected chi connectivity index (χ3v) is 9.46. The molecule has 0 saturated heterocycles. The molecule has 0 amide bonds. The predicted molar refractivity (Wildman–Crippen MR) is 105 cm³/mol. The molecule has 0 bridgehead atoms. The molecule has 2 rings (SSSR count). The first-order valence-corrected chi connectivity index (χ1v) is 11.9. The molecule has 1 unspecified atom stereocenters. The maximum absolute atomic E-state index is 11.0. The largest absolute Gasteiger partial charge is 0.354 e. The van der Waals surface area contributed by atoms with Crippen molar-refractivity contribution in [2.75, 3.05) is 0 Å². The van der Waals surface area contributed by atoms with Crippen molar-refractivity contribution in [1.82, 2.24) is 0 Å². The molecule has 1 N–H and O–H groups in total. The quantitative estimate of drug-likeness (QED) is 0.581. The summed E-state index contributed by atoms with van der Waals surface area (Å²) in [4.78, 5) is 12.1. The van der Waals surface area contributed by atoms with E-state index in [-0.39, 0.29) is 10.8 Å². The van der Waals surface area contributed by atoms with Gasteiger partial charge in [0.2, 0.25) is 0 Å². The number of hydrogen-bond donors (Lipinski definition) is 1. The standard InChI is InChI=1S/C18H27OPS2/c1-13-11-17(3,4)9-7-15(13)20(19,21)22-16-8-10-18(5,6)12-14(16)2/h7-10H,11-12H2,1-6H3,(H,19,21). The van der Waals surface area contributed by atoms with Crippen LogP contribution in [-0.4, -0.2) is 4.89 Å². The minimum atomic E-state index is -2.59. The van der Waals surface area contributed by atoms with Gasteiger partial charge >= 0.3 is 0 Å². The Balaban J connectivity index is 2.25. The molecule has 0 spiro atoms. The van der Waals surface area contributed by atoms with Crippen LogP contribution in [0.3, 0.4) is 0 Å². The monoisotopic (exact) mass is 354 g/mol. The molecule has 2 aliphatic rings. The highest BCUT2D eigenvalue weighted by molar-refractivity contribution is 8.71. The predicted octanol–water partition coefficient (Wildman–Crippen LogP) is 6.54. The maximum Gasteiger partial charge on any atom is 0.150 e. The van der Waals surface area contributed by atoms with E-state index in [0.29, 0.717) is 0 Å². The van der Waals surface area contributed by atoms with Gasteiger partial charge in [-0.25, -0.2) is 0 Å². The molecular weight excluding hydrogens is 327 g/mol. The Morgan fingerprint density at radius 3 is 2.00 bits per heavy atom. The van der Waals surface area contributed by atoms with Gasteiger partial charge in [-0.05, 0) is 37.5 Å². The van der Waals surface area contributed by atoms with Crippen LogP contribution in [0.25, 0.3) is 0 Å². The second-order valence-electron chi connectivity index (χ2n) is 7.92. The van der Waals surface area contributed by atoms with Crippen LogP contribution in [0, 0.1) is 10.8 Å². The van der Waals surface area contributed by atoms with E-state index in [1.54, 1.807) is 0 Å². The second-order valence-corrected chi connectivity index (χ2v) is 14.5. The molecule has 0 heterocycles. The molecule has 122 valence electrons. The second kappa shape index (κ2) is 6.09. The Labute approximate surface area is 144 Å². The summed E-state index contributed by atoms with van der Waals surface area (Å²) in [5.74, 6) is 0. The topological polar surface area (TPSA) is 20.2 Å². The van der Waals surface area contributed by atoms with Crippen LogP contribution in [0.4, 0.5) is 0 Å². The molecule has 1 nitrogen and oxygen atoms in total. The summed E-state index contributed by atoms with van der Waals surface area (Å²) in [6.07, 6.45) is 10.6. The van der Waals surface area contributed by atoms with E-state index >= 15 is 0 Å². The van der Waals surface area contributed by atoms with E-state index < -0.39 is 5.47 Å². The zero-order chi connectivity index (χ0) is 16.8. The Hall–Kier alpha value is -0.0800. The van der Waals surface area contributed by atoms with Crippen molar-refractivity contribution in [2.24, 2.45) is 10.8 Å². The average Bonchev–Trinajstić information content (AvgIpc) is 2.30. The minimum absolute atomic E-state index is 0.164. The molecule has 0 radical (unpaired) electrons. The van der Waals surface area contributed by atoms with Gasteiger partial charge in [0.15, 0.2) is 5.47 Å². The van der Waals surface area contributed by atoms with Crippen molar-refractivity contribution in [1.29, 1.82) is 0 Å². The molecule has 0 fully saturated rings. The number of hydrogen-bond acceptors (Lipinski definition) is 2. The molecule has 1 atom stereocenters. The molecule has 0 aromatic carbocycles. The SMILES string of the molecule is CC1=C(SP(O)(=S)C2=C(C)CC(C)(C)C=C2)C=CC(C)(C)C1. The molecule has 0 aliphatic heterocycles. The van der Waals surface area contributed by atoms with Gasteiger partial charge < -0.3 is 4.89 Å². The van der Waals surface area contributed by atoms with Crippen molar-refractivity contribution in [2.45, 2.75) is 54.4 Å². The van der Waals surface area contributed by atoms with E-state index in [1.165, 1.54) is 22.5 Å². The van der Waals surface area contributed by atoms with Gasteiger partial charge in [0, 0.05) is 10.2 Å². The van der Waals surface area contributed by atoms with Gasteiger partial charge in [-0.15, -0.1) is 0 Å². The van der Waals surface area contributed by atoms with E-state index in [1.807, 2.05) is 0 Å². The summed E-state index contributed by atoms with van der Waals surface area (Å²) in [7, 11) is 0. The van der Waals surface area contributed by atoms with E-state index in [0.717, 1.165) is 23.1 Å². The van der Waals surface area contributed by atoms with Gasteiger partial charge in [0.1, 0.15) is 0 Å². The first kappa shape index (κ1) is 18.3. The molecule has 0 aromatic heterocycles. The van der Waals surface area contributed by atoms with Crippen LogP contribution in [0.1, 0.15) is 54.4 Å². The van der Waals surface area contributed by atoms with Crippen LogP contribution in [0.15, 0.2) is 45.7 Å². The molecule has 0 saturated carbocycles. The lowest BCUT2D eigenvalue weighted by Gasteiger charge is -2.31. The minimum Gasteiger partial charge on any atom is -0.354 e. The van der Waals surface area contributed by atoms with Crippen LogP contribution in [0.5, 0.6) is 0 Å². The van der Waals surface area contributed by atoms with E-state index in [4.69, 9.17) is 11.8 Å². The highest BCUT2D eigenvalue weighted by Gasteiger charge is 2.30. The van der Waals surface area contributed by atoms with Crippen molar-refractivity contribution >= 4 is 28.7 Å². The van der Waals surface area contributed by atoms with Gasteiger partial charge in [0.25, 0.3) is 0 Å². The first-order valence-electron chi connectivity index (χ1n) is 7.73. The fourth-order valence-electron chi connectivity index (χ4n) is 3.18. The summed E-state index contributed by atoms with van der Waals surface area (Å²) >= 11 is 7.17. The fraction of sp³-hybridized carbons (Fsp3) is 0.556. The van der Waals surface area contributed by atoms with Crippen molar-refractivity contribution < 1.29 is 4.89 Å². The molecule has 0 aromatic rings. The van der Waals surface area contributed by atoms with Crippen molar-refractivity contribution in [3.05, 3.63) is 45.7 Å². The summed E-state index contributed by atoms with van der Waals surface area (Å²) in [5, 5.41) is 0.991. The molecule has 22 heavy (non-hydrogen) atoms. The normalized spacial score (nSPS) is 26.3. The Bertz CT molecular complexity index is 648. The zero-order valence-corrected chi connectivity index (χ0v) is 17.0. The van der Waals surface area contributed by atoms with Crippen LogP contribution in [0.2, 0.25) is 0 Å². The van der Waals surface area contributed by atoms with Gasteiger partial charge in [-0.2, -0.15) is 0 Å². The molecule has 2 aliphatic carbocycles. The van der Waals surface area contributed by atoms with E-state index in [9.17, 15) is 4.89 Å².